The number of nitrogens with two attached hydrogens (primary N) is 1. The summed E-state index contributed by atoms with van der Waals surface area (Å²) >= 11 is 0. The first-order valence-corrected chi connectivity index (χ1v) is 7.29. The Morgan fingerprint density at radius 3 is 2.42 bits per heavy atom. The van der Waals surface area contributed by atoms with E-state index in [0.717, 1.165) is 16.5 Å². The molecule has 0 aliphatic heterocycles. The van der Waals surface area contributed by atoms with E-state index in [9.17, 15) is 4.39 Å². The number of halogens is 1. The average Bonchev–Trinajstić information content (AvgIpc) is 2.62. The van der Waals surface area contributed by atoms with Gasteiger partial charge in [0.1, 0.15) is 18.0 Å². The second kappa shape index (κ2) is 5.66. The van der Waals surface area contributed by atoms with Crippen molar-refractivity contribution in [3.8, 4) is 22.5 Å². The van der Waals surface area contributed by atoms with E-state index in [-0.39, 0.29) is 5.82 Å². The molecule has 4 aromatic rings. The van der Waals surface area contributed by atoms with E-state index in [1.165, 1.54) is 18.5 Å². The van der Waals surface area contributed by atoms with Gasteiger partial charge in [0.25, 0.3) is 0 Å². The van der Waals surface area contributed by atoms with Crippen LogP contribution in [0.2, 0.25) is 0 Å². The van der Waals surface area contributed by atoms with Gasteiger partial charge in [0, 0.05) is 17.8 Å². The third kappa shape index (κ3) is 2.54. The topological polar surface area (TPSA) is 77.6 Å². The number of hydrogen-bond donors (Lipinski definition) is 1. The van der Waals surface area contributed by atoms with Gasteiger partial charge in [-0.2, -0.15) is 0 Å². The van der Waals surface area contributed by atoms with Crippen LogP contribution < -0.4 is 5.73 Å². The van der Waals surface area contributed by atoms with Crippen molar-refractivity contribution in [1.29, 1.82) is 0 Å². The summed E-state index contributed by atoms with van der Waals surface area (Å²) in [6.07, 6.45) is 4.71. The Labute approximate surface area is 137 Å². The summed E-state index contributed by atoms with van der Waals surface area (Å²) < 4.78 is 13.4. The molecule has 0 unspecified atom stereocenters. The molecule has 0 saturated heterocycles. The Morgan fingerprint density at radius 1 is 0.833 bits per heavy atom. The average molecular weight is 317 g/mol. The van der Waals surface area contributed by atoms with Gasteiger partial charge in [-0.25, -0.2) is 24.3 Å². The number of anilines is 1. The first-order chi connectivity index (χ1) is 11.7. The molecule has 0 radical (unpaired) electrons. The highest BCUT2D eigenvalue weighted by atomic mass is 19.1. The van der Waals surface area contributed by atoms with Gasteiger partial charge in [-0.1, -0.05) is 18.2 Å². The predicted octanol–water partition coefficient (Wildman–Crippen LogP) is 3.48. The molecule has 0 aliphatic carbocycles. The molecule has 0 aliphatic rings. The van der Waals surface area contributed by atoms with Crippen LogP contribution in [0, 0.1) is 5.82 Å². The minimum Gasteiger partial charge on any atom is -0.383 e. The van der Waals surface area contributed by atoms with Crippen LogP contribution in [0.5, 0.6) is 0 Å². The van der Waals surface area contributed by atoms with Crippen molar-refractivity contribution in [2.75, 3.05) is 5.73 Å². The molecule has 0 amide bonds. The number of hydrogen-bond acceptors (Lipinski definition) is 5. The summed E-state index contributed by atoms with van der Waals surface area (Å²) in [5, 5.41) is 0.720. The second-order valence-electron chi connectivity index (χ2n) is 5.30. The van der Waals surface area contributed by atoms with E-state index in [2.05, 4.69) is 19.9 Å². The molecule has 2 heterocycles. The highest BCUT2D eigenvalue weighted by Gasteiger charge is 2.09. The molecule has 0 fully saturated rings. The van der Waals surface area contributed by atoms with Gasteiger partial charge >= 0.3 is 0 Å². The number of rotatable bonds is 2. The van der Waals surface area contributed by atoms with Crippen molar-refractivity contribution in [3.05, 3.63) is 67.0 Å². The van der Waals surface area contributed by atoms with Crippen molar-refractivity contribution in [2.24, 2.45) is 0 Å². The quantitative estimate of drug-likeness (QED) is 0.612. The van der Waals surface area contributed by atoms with Gasteiger partial charge in [-0.3, -0.25) is 0 Å². The zero-order valence-electron chi connectivity index (χ0n) is 12.5. The molecule has 2 N–H and O–H groups in total. The second-order valence-corrected chi connectivity index (χ2v) is 5.30. The van der Waals surface area contributed by atoms with Gasteiger partial charge in [0.15, 0.2) is 5.82 Å². The third-order valence-corrected chi connectivity index (χ3v) is 3.70. The Balaban J connectivity index is 1.85. The van der Waals surface area contributed by atoms with Crippen molar-refractivity contribution < 1.29 is 4.39 Å². The summed E-state index contributed by atoms with van der Waals surface area (Å²) in [5.74, 6) is 0.549. The summed E-state index contributed by atoms with van der Waals surface area (Å²) in [6.45, 7) is 0. The normalized spacial score (nSPS) is 10.9. The Morgan fingerprint density at radius 2 is 1.62 bits per heavy atom. The molecule has 0 atom stereocenters. The van der Waals surface area contributed by atoms with Gasteiger partial charge in [0.2, 0.25) is 0 Å². The summed E-state index contributed by atoms with van der Waals surface area (Å²) in [6, 6.07) is 12.0. The molecule has 4 rings (SSSR count). The van der Waals surface area contributed by atoms with Crippen molar-refractivity contribution in [2.45, 2.75) is 0 Å². The Bertz CT molecular complexity index is 1030. The van der Waals surface area contributed by atoms with Crippen LogP contribution in [-0.2, 0) is 0 Å². The van der Waals surface area contributed by atoms with Gasteiger partial charge in [-0.15, -0.1) is 0 Å². The maximum absolute atomic E-state index is 13.4. The van der Waals surface area contributed by atoms with E-state index in [1.54, 1.807) is 18.5 Å². The number of benzene rings is 2. The summed E-state index contributed by atoms with van der Waals surface area (Å²) in [4.78, 5) is 16.8. The minimum atomic E-state index is -0.281. The Hall–Kier alpha value is -3.41. The fourth-order valence-corrected chi connectivity index (χ4v) is 2.54. The lowest BCUT2D eigenvalue weighted by molar-refractivity contribution is 0.628. The summed E-state index contributed by atoms with van der Waals surface area (Å²) in [5.41, 5.74) is 9.14. The van der Waals surface area contributed by atoms with E-state index in [0.29, 0.717) is 22.7 Å². The lowest BCUT2D eigenvalue weighted by Crippen LogP contribution is -1.98. The van der Waals surface area contributed by atoms with Crippen LogP contribution in [-0.4, -0.2) is 19.9 Å². The molecule has 0 bridgehead atoms. The van der Waals surface area contributed by atoms with Crippen LogP contribution in [0.15, 0.2) is 61.2 Å². The molecule has 2 aromatic carbocycles. The molecule has 24 heavy (non-hydrogen) atoms. The zero-order chi connectivity index (χ0) is 16.5. The number of aromatic nitrogens is 4. The lowest BCUT2D eigenvalue weighted by atomic mass is 10.0. The number of nitrogen functional groups attached to an aromatic ring is 1. The smallest absolute Gasteiger partial charge is 0.165 e. The molecule has 0 spiro atoms. The fourth-order valence-electron chi connectivity index (χ4n) is 2.54. The Kier molecular flexibility index (Phi) is 3.35. The molecule has 5 nitrogen and oxygen atoms in total. The molecular formula is C18H12FN5. The van der Waals surface area contributed by atoms with Gasteiger partial charge < -0.3 is 5.73 Å². The lowest BCUT2D eigenvalue weighted by Gasteiger charge is -2.08. The monoisotopic (exact) mass is 317 g/mol. The maximum Gasteiger partial charge on any atom is 0.165 e. The number of nitrogens with zero attached hydrogens (tertiary/aromatic N) is 4. The maximum atomic E-state index is 13.4. The van der Waals surface area contributed by atoms with Crippen molar-refractivity contribution >= 4 is 16.7 Å². The highest BCUT2D eigenvalue weighted by molar-refractivity contribution is 5.93. The standard InChI is InChI=1S/C18H12FN5/c19-14-3-1-2-11(6-14)12-4-5-16-15(7-12)17(20)24-18(23-16)13-8-21-10-22-9-13/h1-10H,(H2,20,23,24). The van der Waals surface area contributed by atoms with Crippen LogP contribution in [0.1, 0.15) is 0 Å². The van der Waals surface area contributed by atoms with E-state index in [4.69, 9.17) is 5.73 Å². The zero-order valence-corrected chi connectivity index (χ0v) is 12.5. The third-order valence-electron chi connectivity index (χ3n) is 3.70. The SMILES string of the molecule is Nc1nc(-c2cncnc2)nc2ccc(-c3cccc(F)c3)cc12. The first-order valence-electron chi connectivity index (χ1n) is 7.29. The first kappa shape index (κ1) is 14.2. The van der Waals surface area contributed by atoms with Crippen LogP contribution >= 0.6 is 0 Å². The van der Waals surface area contributed by atoms with Gasteiger partial charge in [-0.05, 0) is 35.4 Å². The van der Waals surface area contributed by atoms with Crippen LogP contribution in [0.4, 0.5) is 10.2 Å². The van der Waals surface area contributed by atoms with Gasteiger partial charge in [0.05, 0.1) is 11.1 Å². The molecule has 6 heteroatoms. The van der Waals surface area contributed by atoms with E-state index < -0.39 is 0 Å². The van der Waals surface area contributed by atoms with Crippen molar-refractivity contribution in [3.63, 3.8) is 0 Å². The molecule has 2 aromatic heterocycles. The fraction of sp³-hybridized carbons (Fsp3) is 0. The van der Waals surface area contributed by atoms with Crippen LogP contribution in [0.3, 0.4) is 0 Å². The van der Waals surface area contributed by atoms with Crippen molar-refractivity contribution in [1.82, 2.24) is 19.9 Å². The molecular weight excluding hydrogens is 305 g/mol. The number of fused-ring (bicyclic) bond motifs is 1. The molecule has 116 valence electrons. The predicted molar refractivity (Wildman–Crippen MR) is 90.4 cm³/mol. The van der Waals surface area contributed by atoms with E-state index >= 15 is 0 Å². The molecule has 0 saturated carbocycles. The van der Waals surface area contributed by atoms with Crippen LogP contribution in [0.25, 0.3) is 33.4 Å². The summed E-state index contributed by atoms with van der Waals surface area (Å²) in [7, 11) is 0. The largest absolute Gasteiger partial charge is 0.383 e. The highest BCUT2D eigenvalue weighted by Crippen LogP contribution is 2.28. The van der Waals surface area contributed by atoms with E-state index in [1.807, 2.05) is 24.3 Å². The minimum absolute atomic E-state index is 0.281.